The molecule has 1 aromatic heterocycles. The molecule has 2 heterocycles. The van der Waals surface area contributed by atoms with Crippen LogP contribution >= 0.6 is 11.3 Å². The number of rotatable bonds is 5. The van der Waals surface area contributed by atoms with Gasteiger partial charge in [-0.2, -0.15) is 0 Å². The van der Waals surface area contributed by atoms with E-state index in [1.807, 2.05) is 6.92 Å². The molecule has 1 atom stereocenters. The van der Waals surface area contributed by atoms with Crippen molar-refractivity contribution in [1.82, 2.24) is 8.87 Å². The smallest absolute Gasteiger partial charge is 0.242 e. The Morgan fingerprint density at radius 3 is 2.77 bits per heavy atom. The van der Waals surface area contributed by atoms with E-state index in [9.17, 15) is 8.42 Å². The molecule has 1 aliphatic rings. The molecule has 0 spiro atoms. The van der Waals surface area contributed by atoms with Gasteiger partial charge in [0.05, 0.1) is 23.2 Å². The number of thiazole rings is 1. The number of aryl methyl sites for hydroxylation is 2. The first-order chi connectivity index (χ1) is 12.3. The highest BCUT2D eigenvalue weighted by molar-refractivity contribution is 7.89. The monoisotopic (exact) mass is 395 g/mol. The first-order valence-electron chi connectivity index (χ1n) is 8.63. The van der Waals surface area contributed by atoms with Crippen LogP contribution in [-0.4, -0.2) is 44.1 Å². The van der Waals surface area contributed by atoms with Gasteiger partial charge < -0.3 is 9.30 Å². The predicted molar refractivity (Wildman–Crippen MR) is 103 cm³/mol. The van der Waals surface area contributed by atoms with Gasteiger partial charge >= 0.3 is 0 Å². The maximum absolute atomic E-state index is 12.4. The highest BCUT2D eigenvalue weighted by Crippen LogP contribution is 2.24. The molecule has 1 aliphatic heterocycles. The number of nitrogens with zero attached hydrogens (tertiary/aromatic N) is 3. The number of aromatic nitrogens is 1. The van der Waals surface area contributed by atoms with Gasteiger partial charge in [0.2, 0.25) is 10.0 Å². The van der Waals surface area contributed by atoms with Gasteiger partial charge in [0.15, 0.2) is 4.80 Å². The summed E-state index contributed by atoms with van der Waals surface area (Å²) in [6, 6.07) is 5.08. The van der Waals surface area contributed by atoms with Crippen LogP contribution < -0.4 is 4.80 Å². The maximum atomic E-state index is 12.4. The standard InChI is InChI=1S/C18H25N3O3S2/c1-13-7-8-16(26(22,23)20(3)4)10-17(13)19-18-21(14(2)12-25-18)11-15-6-5-9-24-15/h7-8,10,12,15H,5-6,9,11H2,1-4H3. The number of sulfonamides is 1. The molecule has 3 rings (SSSR count). The highest BCUT2D eigenvalue weighted by Gasteiger charge is 2.19. The van der Waals surface area contributed by atoms with Crippen LogP contribution in [0.3, 0.4) is 0 Å². The van der Waals surface area contributed by atoms with E-state index in [0.717, 1.165) is 42.1 Å². The Labute approximate surface area is 158 Å². The summed E-state index contributed by atoms with van der Waals surface area (Å²) in [6.07, 6.45) is 2.39. The first kappa shape index (κ1) is 19.3. The van der Waals surface area contributed by atoms with Crippen LogP contribution in [-0.2, 0) is 21.3 Å². The molecular formula is C18H25N3O3S2. The molecule has 0 N–H and O–H groups in total. The molecular weight excluding hydrogens is 370 g/mol. The van der Waals surface area contributed by atoms with E-state index >= 15 is 0 Å². The molecule has 1 aromatic carbocycles. The van der Waals surface area contributed by atoms with E-state index in [0.29, 0.717) is 5.69 Å². The molecule has 1 fully saturated rings. The van der Waals surface area contributed by atoms with Gasteiger partial charge in [-0.3, -0.25) is 0 Å². The molecule has 0 radical (unpaired) electrons. The average Bonchev–Trinajstić information content (AvgIpc) is 3.21. The third kappa shape index (κ3) is 3.93. The summed E-state index contributed by atoms with van der Waals surface area (Å²) in [5.41, 5.74) is 2.76. The van der Waals surface area contributed by atoms with Crippen molar-refractivity contribution in [3.8, 4) is 0 Å². The van der Waals surface area contributed by atoms with E-state index < -0.39 is 10.0 Å². The lowest BCUT2D eigenvalue weighted by Crippen LogP contribution is -2.24. The lowest BCUT2D eigenvalue weighted by Gasteiger charge is -2.13. The van der Waals surface area contributed by atoms with Gasteiger partial charge in [0.1, 0.15) is 0 Å². The van der Waals surface area contributed by atoms with Crippen LogP contribution in [0.1, 0.15) is 24.1 Å². The molecule has 1 saturated heterocycles. The van der Waals surface area contributed by atoms with E-state index in [1.165, 1.54) is 18.4 Å². The van der Waals surface area contributed by atoms with Crippen molar-refractivity contribution < 1.29 is 13.2 Å². The molecule has 26 heavy (non-hydrogen) atoms. The van der Waals surface area contributed by atoms with Crippen molar-refractivity contribution in [3.63, 3.8) is 0 Å². The molecule has 1 unspecified atom stereocenters. The Balaban J connectivity index is 2.03. The zero-order valence-corrected chi connectivity index (χ0v) is 17.2. The third-order valence-corrected chi connectivity index (χ3v) is 7.37. The Hall–Kier alpha value is -1.48. The molecule has 0 amide bonds. The summed E-state index contributed by atoms with van der Waals surface area (Å²) in [5.74, 6) is 0. The fourth-order valence-corrected chi connectivity index (χ4v) is 4.72. The number of hydrogen-bond donors (Lipinski definition) is 0. The van der Waals surface area contributed by atoms with Gasteiger partial charge in [-0.25, -0.2) is 17.7 Å². The van der Waals surface area contributed by atoms with E-state index in [4.69, 9.17) is 9.73 Å². The van der Waals surface area contributed by atoms with Crippen molar-refractivity contribution in [3.05, 3.63) is 39.6 Å². The van der Waals surface area contributed by atoms with Crippen molar-refractivity contribution in [1.29, 1.82) is 0 Å². The highest BCUT2D eigenvalue weighted by atomic mass is 32.2. The zero-order valence-electron chi connectivity index (χ0n) is 15.6. The van der Waals surface area contributed by atoms with E-state index in [-0.39, 0.29) is 11.0 Å². The Kier molecular flexibility index (Phi) is 5.67. The summed E-state index contributed by atoms with van der Waals surface area (Å²) in [7, 11) is -0.418. The minimum atomic E-state index is -3.48. The number of hydrogen-bond acceptors (Lipinski definition) is 5. The second-order valence-electron chi connectivity index (χ2n) is 6.75. The van der Waals surface area contributed by atoms with Crippen LogP contribution in [0.4, 0.5) is 5.69 Å². The van der Waals surface area contributed by atoms with Crippen LogP contribution in [0.2, 0.25) is 0 Å². The molecule has 6 nitrogen and oxygen atoms in total. The predicted octanol–water partition coefficient (Wildman–Crippen LogP) is 2.83. The third-order valence-electron chi connectivity index (χ3n) is 4.58. The SMILES string of the molecule is Cc1ccc(S(=O)(=O)N(C)C)cc1N=c1scc(C)n1CC1CCCO1. The minimum absolute atomic E-state index is 0.226. The lowest BCUT2D eigenvalue weighted by molar-refractivity contribution is 0.0959. The normalized spacial score (nSPS) is 18.8. The average molecular weight is 396 g/mol. The van der Waals surface area contributed by atoms with Gasteiger partial charge in [0, 0.05) is 31.8 Å². The van der Waals surface area contributed by atoms with Crippen LogP contribution in [0.25, 0.3) is 0 Å². The van der Waals surface area contributed by atoms with Gasteiger partial charge in [-0.1, -0.05) is 6.07 Å². The second-order valence-corrected chi connectivity index (χ2v) is 9.74. The first-order valence-corrected chi connectivity index (χ1v) is 11.0. The second kappa shape index (κ2) is 7.64. The van der Waals surface area contributed by atoms with Gasteiger partial charge in [-0.15, -0.1) is 11.3 Å². The van der Waals surface area contributed by atoms with Crippen LogP contribution in [0.5, 0.6) is 0 Å². The summed E-state index contributed by atoms with van der Waals surface area (Å²) >= 11 is 1.56. The minimum Gasteiger partial charge on any atom is -0.376 e. The molecule has 0 aliphatic carbocycles. The van der Waals surface area contributed by atoms with Crippen molar-refractivity contribution in [2.45, 2.75) is 44.2 Å². The lowest BCUT2D eigenvalue weighted by atomic mass is 10.2. The van der Waals surface area contributed by atoms with E-state index in [1.54, 1.807) is 29.5 Å². The molecule has 0 saturated carbocycles. The Morgan fingerprint density at radius 2 is 2.12 bits per heavy atom. The summed E-state index contributed by atoms with van der Waals surface area (Å²) < 4.78 is 34.0. The van der Waals surface area contributed by atoms with Crippen LogP contribution in [0.15, 0.2) is 33.5 Å². The fraction of sp³-hybridized carbons (Fsp3) is 0.500. The quantitative estimate of drug-likeness (QED) is 0.782. The number of benzene rings is 1. The maximum Gasteiger partial charge on any atom is 0.242 e. The largest absolute Gasteiger partial charge is 0.376 e. The molecule has 2 aromatic rings. The van der Waals surface area contributed by atoms with Gasteiger partial charge in [-0.05, 0) is 44.4 Å². The van der Waals surface area contributed by atoms with Crippen molar-refractivity contribution in [2.75, 3.05) is 20.7 Å². The summed E-state index contributed by atoms with van der Waals surface area (Å²) in [4.78, 5) is 5.90. The summed E-state index contributed by atoms with van der Waals surface area (Å²) in [5, 5.41) is 2.07. The van der Waals surface area contributed by atoms with E-state index in [2.05, 4.69) is 16.9 Å². The Bertz CT molecular complexity index is 952. The molecule has 0 bridgehead atoms. The molecule has 8 heteroatoms. The Morgan fingerprint density at radius 1 is 1.35 bits per heavy atom. The fourth-order valence-electron chi connectivity index (χ4n) is 2.90. The topological polar surface area (TPSA) is 63.9 Å². The molecule has 142 valence electrons. The zero-order chi connectivity index (χ0) is 18.9. The number of ether oxygens (including phenoxy) is 1. The van der Waals surface area contributed by atoms with Crippen molar-refractivity contribution >= 4 is 27.0 Å². The van der Waals surface area contributed by atoms with Crippen molar-refractivity contribution in [2.24, 2.45) is 4.99 Å². The summed E-state index contributed by atoms with van der Waals surface area (Å²) in [6.45, 7) is 5.60. The van der Waals surface area contributed by atoms with Crippen LogP contribution in [0, 0.1) is 13.8 Å². The van der Waals surface area contributed by atoms with Gasteiger partial charge in [0.25, 0.3) is 0 Å².